The molecule has 1 aromatic carbocycles. The number of aromatic nitrogens is 2. The zero-order chi connectivity index (χ0) is 13.7. The average Bonchev–Trinajstić information content (AvgIpc) is 2.84. The molecule has 0 unspecified atom stereocenters. The minimum absolute atomic E-state index is 0.0364. The van der Waals surface area contributed by atoms with E-state index in [2.05, 4.69) is 43.3 Å². The minimum atomic E-state index is -0.0364. The average molecular weight is 259 g/mol. The number of benzene rings is 1. The first-order valence-corrected chi connectivity index (χ1v) is 6.47. The number of rotatable bonds is 5. The predicted molar refractivity (Wildman–Crippen MR) is 76.9 cm³/mol. The van der Waals surface area contributed by atoms with E-state index < -0.39 is 0 Å². The van der Waals surface area contributed by atoms with Crippen molar-refractivity contribution >= 4 is 5.82 Å². The summed E-state index contributed by atoms with van der Waals surface area (Å²) in [5.74, 6) is 0.973. The molecule has 102 valence electrons. The quantitative estimate of drug-likeness (QED) is 0.662. The Balaban J connectivity index is 1.82. The second kappa shape index (κ2) is 5.89. The van der Waals surface area contributed by atoms with E-state index in [9.17, 15) is 0 Å². The molecule has 0 aliphatic heterocycles. The summed E-state index contributed by atoms with van der Waals surface area (Å²) in [6.45, 7) is 7.44. The molecule has 1 heterocycles. The van der Waals surface area contributed by atoms with Crippen LogP contribution in [0.25, 0.3) is 0 Å². The molecule has 0 aliphatic carbocycles. The molecule has 4 heteroatoms. The highest BCUT2D eigenvalue weighted by Crippen LogP contribution is 2.18. The Morgan fingerprint density at radius 2 is 1.89 bits per heavy atom. The molecule has 19 heavy (non-hydrogen) atoms. The Kier molecular flexibility index (Phi) is 4.22. The van der Waals surface area contributed by atoms with Gasteiger partial charge in [-0.3, -0.25) is 0 Å². The summed E-state index contributed by atoms with van der Waals surface area (Å²) in [5, 5.41) is 7.57. The molecular formula is C15H21N3O. The first-order chi connectivity index (χ1) is 9.07. The summed E-state index contributed by atoms with van der Waals surface area (Å²) in [6.07, 6.45) is 1.80. The van der Waals surface area contributed by atoms with Gasteiger partial charge in [-0.05, 0) is 26.3 Å². The highest BCUT2D eigenvalue weighted by atomic mass is 16.5. The van der Waals surface area contributed by atoms with Crippen LogP contribution in [0.15, 0.2) is 42.6 Å². The lowest BCUT2D eigenvalue weighted by Crippen LogP contribution is -2.25. The fourth-order valence-corrected chi connectivity index (χ4v) is 1.84. The lowest BCUT2D eigenvalue weighted by molar-refractivity contribution is 0.137. The van der Waals surface area contributed by atoms with Crippen molar-refractivity contribution in [3.63, 3.8) is 0 Å². The SMILES string of the molecule is CC(C)(C)n1nccc1NCOCc1ccccc1. The maximum Gasteiger partial charge on any atom is 0.126 e. The molecule has 0 spiro atoms. The van der Waals surface area contributed by atoms with Gasteiger partial charge in [0.05, 0.1) is 18.3 Å². The van der Waals surface area contributed by atoms with Crippen LogP contribution in [0.1, 0.15) is 26.3 Å². The van der Waals surface area contributed by atoms with Gasteiger partial charge in [0.25, 0.3) is 0 Å². The summed E-state index contributed by atoms with van der Waals surface area (Å²) >= 11 is 0. The molecule has 0 saturated heterocycles. The normalized spacial score (nSPS) is 11.5. The number of nitrogens with one attached hydrogen (secondary N) is 1. The van der Waals surface area contributed by atoms with Crippen LogP contribution < -0.4 is 5.32 Å². The molecule has 2 aromatic rings. The Bertz CT molecular complexity index is 500. The van der Waals surface area contributed by atoms with Crippen molar-refractivity contribution in [3.05, 3.63) is 48.2 Å². The van der Waals surface area contributed by atoms with E-state index in [4.69, 9.17) is 4.74 Å². The summed E-state index contributed by atoms with van der Waals surface area (Å²) in [6, 6.07) is 12.1. The molecule has 0 aliphatic rings. The standard InChI is InChI=1S/C15H21N3O/c1-15(2,3)18-14(9-10-17-18)16-12-19-11-13-7-5-4-6-8-13/h4-10,16H,11-12H2,1-3H3. The molecule has 2 rings (SSSR count). The highest BCUT2D eigenvalue weighted by molar-refractivity contribution is 5.34. The molecule has 4 nitrogen and oxygen atoms in total. The maximum absolute atomic E-state index is 5.61. The van der Waals surface area contributed by atoms with Crippen molar-refractivity contribution in [3.8, 4) is 0 Å². The van der Waals surface area contributed by atoms with Crippen LogP contribution in [0, 0.1) is 0 Å². The number of hydrogen-bond acceptors (Lipinski definition) is 3. The molecule has 0 radical (unpaired) electrons. The minimum Gasteiger partial charge on any atom is -0.357 e. The first-order valence-electron chi connectivity index (χ1n) is 6.47. The van der Waals surface area contributed by atoms with Crippen molar-refractivity contribution in [2.45, 2.75) is 32.9 Å². The zero-order valence-corrected chi connectivity index (χ0v) is 11.8. The fourth-order valence-electron chi connectivity index (χ4n) is 1.84. The van der Waals surface area contributed by atoms with Crippen LogP contribution in [-0.4, -0.2) is 16.5 Å². The van der Waals surface area contributed by atoms with E-state index in [1.165, 1.54) is 5.56 Å². The van der Waals surface area contributed by atoms with Gasteiger partial charge in [-0.15, -0.1) is 0 Å². The molecule has 0 saturated carbocycles. The zero-order valence-electron chi connectivity index (χ0n) is 11.8. The van der Waals surface area contributed by atoms with Gasteiger partial charge >= 0.3 is 0 Å². The lowest BCUT2D eigenvalue weighted by atomic mass is 10.1. The molecule has 1 N–H and O–H groups in total. The van der Waals surface area contributed by atoms with E-state index in [-0.39, 0.29) is 5.54 Å². The van der Waals surface area contributed by atoms with Gasteiger partial charge in [-0.25, -0.2) is 4.68 Å². The van der Waals surface area contributed by atoms with E-state index in [1.54, 1.807) is 6.20 Å². The van der Waals surface area contributed by atoms with E-state index in [0.717, 1.165) is 5.82 Å². The molecule has 0 atom stereocenters. The van der Waals surface area contributed by atoms with Crippen LogP contribution in [0.4, 0.5) is 5.82 Å². The fraction of sp³-hybridized carbons (Fsp3) is 0.400. The van der Waals surface area contributed by atoms with Crippen molar-refractivity contribution < 1.29 is 4.74 Å². The maximum atomic E-state index is 5.61. The topological polar surface area (TPSA) is 39.1 Å². The van der Waals surface area contributed by atoms with Crippen molar-refractivity contribution in [1.82, 2.24) is 9.78 Å². The van der Waals surface area contributed by atoms with Crippen molar-refractivity contribution in [1.29, 1.82) is 0 Å². The largest absolute Gasteiger partial charge is 0.357 e. The van der Waals surface area contributed by atoms with Gasteiger partial charge in [0, 0.05) is 6.07 Å². The summed E-state index contributed by atoms with van der Waals surface area (Å²) in [5.41, 5.74) is 1.14. The van der Waals surface area contributed by atoms with Gasteiger partial charge in [0.1, 0.15) is 12.5 Å². The van der Waals surface area contributed by atoms with Gasteiger partial charge in [0.15, 0.2) is 0 Å². The van der Waals surface area contributed by atoms with Crippen molar-refractivity contribution in [2.75, 3.05) is 12.0 Å². The summed E-state index contributed by atoms with van der Waals surface area (Å²) in [7, 11) is 0. The van der Waals surface area contributed by atoms with E-state index >= 15 is 0 Å². The van der Waals surface area contributed by atoms with Crippen LogP contribution >= 0.6 is 0 Å². The lowest BCUT2D eigenvalue weighted by Gasteiger charge is -2.22. The van der Waals surface area contributed by atoms with Gasteiger partial charge in [0.2, 0.25) is 0 Å². The van der Waals surface area contributed by atoms with Gasteiger partial charge in [-0.1, -0.05) is 30.3 Å². The van der Waals surface area contributed by atoms with Crippen molar-refractivity contribution in [2.24, 2.45) is 0 Å². The first kappa shape index (κ1) is 13.6. The molecule has 0 amide bonds. The highest BCUT2D eigenvalue weighted by Gasteiger charge is 2.16. The smallest absolute Gasteiger partial charge is 0.126 e. The van der Waals surface area contributed by atoms with E-state index in [0.29, 0.717) is 13.3 Å². The predicted octanol–water partition coefficient (Wildman–Crippen LogP) is 3.22. The number of nitrogens with zero attached hydrogens (tertiary/aromatic N) is 2. The van der Waals surface area contributed by atoms with Crippen LogP contribution in [-0.2, 0) is 16.9 Å². The number of hydrogen-bond donors (Lipinski definition) is 1. The Morgan fingerprint density at radius 3 is 2.58 bits per heavy atom. The Morgan fingerprint density at radius 1 is 1.16 bits per heavy atom. The van der Waals surface area contributed by atoms with Gasteiger partial charge < -0.3 is 10.1 Å². The second-order valence-electron chi connectivity index (χ2n) is 5.45. The Labute approximate surface area is 114 Å². The van der Waals surface area contributed by atoms with Gasteiger partial charge in [-0.2, -0.15) is 5.10 Å². The summed E-state index contributed by atoms with van der Waals surface area (Å²) in [4.78, 5) is 0. The molecule has 0 fully saturated rings. The second-order valence-corrected chi connectivity index (χ2v) is 5.45. The number of anilines is 1. The van der Waals surface area contributed by atoms with Crippen LogP contribution in [0.3, 0.4) is 0 Å². The Hall–Kier alpha value is -1.81. The summed E-state index contributed by atoms with van der Waals surface area (Å²) < 4.78 is 7.57. The molecule has 0 bridgehead atoms. The monoisotopic (exact) mass is 259 g/mol. The number of ether oxygens (including phenoxy) is 1. The van der Waals surface area contributed by atoms with E-state index in [1.807, 2.05) is 28.9 Å². The third-order valence-corrected chi connectivity index (χ3v) is 2.75. The third-order valence-electron chi connectivity index (χ3n) is 2.75. The molecule has 1 aromatic heterocycles. The van der Waals surface area contributed by atoms with Crippen LogP contribution in [0.2, 0.25) is 0 Å². The third kappa shape index (κ3) is 3.83. The van der Waals surface area contributed by atoms with Crippen LogP contribution in [0.5, 0.6) is 0 Å². The molecular weight excluding hydrogens is 238 g/mol.